The Morgan fingerprint density at radius 3 is 2.19 bits per heavy atom. The lowest BCUT2D eigenvalue weighted by Crippen LogP contribution is -2.36. The molecule has 1 fully saturated rings. The first-order valence-corrected chi connectivity index (χ1v) is 14.8. The van der Waals surface area contributed by atoms with E-state index in [1.807, 2.05) is 30.3 Å². The van der Waals surface area contributed by atoms with Crippen LogP contribution in [0.5, 0.6) is 5.75 Å². The van der Waals surface area contributed by atoms with E-state index in [9.17, 15) is 9.59 Å². The standard InChI is InChI=1S/C35H36ClN3O3/c36-29-11-14-31(15-12-29)42-25-34(40)38-30-13-16-33(32(24-30)35(41)37-20-17-26-7-3-1-4-8-26)39-21-18-28(19-22-39)23-27-9-5-2-6-10-27/h1-16,24,28H,17-23,25H2,(H,37,41)(H,38,40). The zero-order valence-electron chi connectivity index (χ0n) is 23.6. The van der Waals surface area contributed by atoms with Crippen LogP contribution in [0.4, 0.5) is 11.4 Å². The van der Waals surface area contributed by atoms with Crippen molar-refractivity contribution in [1.29, 1.82) is 0 Å². The quantitative estimate of drug-likeness (QED) is 0.205. The lowest BCUT2D eigenvalue weighted by Gasteiger charge is -2.35. The van der Waals surface area contributed by atoms with Crippen molar-refractivity contribution in [2.24, 2.45) is 5.92 Å². The summed E-state index contributed by atoms with van der Waals surface area (Å²) in [5.74, 6) is 0.709. The molecule has 4 aromatic rings. The van der Waals surface area contributed by atoms with Crippen LogP contribution in [0.25, 0.3) is 0 Å². The number of piperidine rings is 1. The van der Waals surface area contributed by atoms with Gasteiger partial charge in [-0.1, -0.05) is 72.3 Å². The first-order chi connectivity index (χ1) is 20.5. The lowest BCUT2D eigenvalue weighted by atomic mass is 9.89. The van der Waals surface area contributed by atoms with E-state index in [0.29, 0.717) is 34.5 Å². The Morgan fingerprint density at radius 2 is 1.50 bits per heavy atom. The zero-order valence-corrected chi connectivity index (χ0v) is 24.4. The third-order valence-electron chi connectivity index (χ3n) is 7.57. The second kappa shape index (κ2) is 14.6. The number of carbonyl (C=O) groups is 2. The van der Waals surface area contributed by atoms with E-state index < -0.39 is 0 Å². The number of carbonyl (C=O) groups excluding carboxylic acids is 2. The van der Waals surface area contributed by atoms with Crippen LogP contribution in [-0.2, 0) is 17.6 Å². The molecule has 0 atom stereocenters. The van der Waals surface area contributed by atoms with Crippen molar-refractivity contribution in [3.8, 4) is 5.75 Å². The first kappa shape index (κ1) is 29.2. The molecule has 1 aliphatic rings. The molecule has 1 heterocycles. The Morgan fingerprint density at radius 1 is 0.833 bits per heavy atom. The van der Waals surface area contributed by atoms with E-state index in [0.717, 1.165) is 44.5 Å². The van der Waals surface area contributed by atoms with Crippen molar-refractivity contribution in [1.82, 2.24) is 5.32 Å². The average Bonchev–Trinajstić information content (AvgIpc) is 3.02. The molecule has 216 valence electrons. The zero-order chi connectivity index (χ0) is 29.1. The van der Waals surface area contributed by atoms with Gasteiger partial charge >= 0.3 is 0 Å². The molecule has 0 saturated carbocycles. The van der Waals surface area contributed by atoms with Crippen molar-refractivity contribution < 1.29 is 14.3 Å². The fraction of sp³-hybridized carbons (Fsp3) is 0.257. The number of hydrogen-bond acceptors (Lipinski definition) is 4. The van der Waals surface area contributed by atoms with Gasteiger partial charge in [0.05, 0.1) is 5.56 Å². The number of ether oxygens (including phenoxy) is 1. The van der Waals surface area contributed by atoms with Crippen LogP contribution in [0.15, 0.2) is 103 Å². The van der Waals surface area contributed by atoms with Crippen LogP contribution in [0.1, 0.15) is 34.3 Å². The van der Waals surface area contributed by atoms with Crippen LogP contribution >= 0.6 is 11.6 Å². The second-order valence-corrected chi connectivity index (χ2v) is 11.1. The van der Waals surface area contributed by atoms with E-state index in [1.165, 1.54) is 11.1 Å². The number of rotatable bonds is 11. The van der Waals surface area contributed by atoms with Crippen LogP contribution in [-0.4, -0.2) is 38.1 Å². The second-order valence-electron chi connectivity index (χ2n) is 10.6. The molecule has 1 aliphatic heterocycles. The van der Waals surface area contributed by atoms with Crippen molar-refractivity contribution in [2.45, 2.75) is 25.7 Å². The van der Waals surface area contributed by atoms with Gasteiger partial charge in [-0.25, -0.2) is 0 Å². The molecule has 2 N–H and O–H groups in total. The van der Waals surface area contributed by atoms with Gasteiger partial charge in [0.15, 0.2) is 6.61 Å². The maximum atomic E-state index is 13.5. The van der Waals surface area contributed by atoms with Crippen LogP contribution in [0.3, 0.4) is 0 Å². The molecule has 1 saturated heterocycles. The monoisotopic (exact) mass is 581 g/mol. The minimum absolute atomic E-state index is 0.152. The number of amides is 2. The maximum absolute atomic E-state index is 13.5. The normalized spacial score (nSPS) is 13.4. The number of benzene rings is 4. The van der Waals surface area contributed by atoms with Crippen molar-refractivity contribution >= 4 is 34.8 Å². The summed E-state index contributed by atoms with van der Waals surface area (Å²) in [4.78, 5) is 28.5. The highest BCUT2D eigenvalue weighted by atomic mass is 35.5. The van der Waals surface area contributed by atoms with E-state index in [4.69, 9.17) is 16.3 Å². The van der Waals surface area contributed by atoms with Crippen molar-refractivity contribution in [2.75, 3.05) is 36.5 Å². The Kier molecular flexibility index (Phi) is 10.1. The smallest absolute Gasteiger partial charge is 0.262 e. The third-order valence-corrected chi connectivity index (χ3v) is 7.82. The number of nitrogens with one attached hydrogen (secondary N) is 2. The van der Waals surface area contributed by atoms with E-state index in [-0.39, 0.29) is 18.4 Å². The van der Waals surface area contributed by atoms with Crippen LogP contribution in [0, 0.1) is 5.92 Å². The molecular weight excluding hydrogens is 546 g/mol. The summed E-state index contributed by atoms with van der Waals surface area (Å²) in [7, 11) is 0. The molecule has 0 radical (unpaired) electrons. The van der Waals surface area contributed by atoms with Gasteiger partial charge in [0.2, 0.25) is 0 Å². The molecule has 4 aromatic carbocycles. The van der Waals surface area contributed by atoms with E-state index >= 15 is 0 Å². The minimum Gasteiger partial charge on any atom is -0.484 e. The fourth-order valence-electron chi connectivity index (χ4n) is 5.33. The fourth-order valence-corrected chi connectivity index (χ4v) is 5.46. The molecule has 0 aliphatic carbocycles. The third kappa shape index (κ3) is 8.37. The molecule has 7 heteroatoms. The summed E-state index contributed by atoms with van der Waals surface area (Å²) in [5.41, 5.74) is 4.53. The molecular formula is C35H36ClN3O3. The summed E-state index contributed by atoms with van der Waals surface area (Å²) in [6, 6.07) is 33.1. The lowest BCUT2D eigenvalue weighted by molar-refractivity contribution is -0.118. The van der Waals surface area contributed by atoms with Crippen molar-refractivity contribution in [3.63, 3.8) is 0 Å². The highest BCUT2D eigenvalue weighted by Crippen LogP contribution is 2.30. The van der Waals surface area contributed by atoms with Gasteiger partial charge in [0, 0.05) is 36.0 Å². The van der Waals surface area contributed by atoms with Crippen LogP contribution in [0.2, 0.25) is 5.02 Å². The van der Waals surface area contributed by atoms with E-state index in [2.05, 4.69) is 58.0 Å². The number of halogens is 1. The number of nitrogens with zero attached hydrogens (tertiary/aromatic N) is 1. The summed E-state index contributed by atoms with van der Waals surface area (Å²) in [6.07, 6.45) is 3.94. The van der Waals surface area contributed by atoms with Gasteiger partial charge in [-0.15, -0.1) is 0 Å². The Hall–Kier alpha value is -4.29. The molecule has 0 unspecified atom stereocenters. The molecule has 6 nitrogen and oxygen atoms in total. The molecule has 42 heavy (non-hydrogen) atoms. The van der Waals surface area contributed by atoms with Crippen molar-refractivity contribution in [3.05, 3.63) is 125 Å². The minimum atomic E-state index is -0.310. The molecule has 5 rings (SSSR count). The molecule has 2 amide bonds. The van der Waals surface area contributed by atoms with Gasteiger partial charge in [-0.05, 0) is 85.2 Å². The van der Waals surface area contributed by atoms with Gasteiger partial charge in [-0.3, -0.25) is 9.59 Å². The summed E-state index contributed by atoms with van der Waals surface area (Å²) >= 11 is 5.92. The topological polar surface area (TPSA) is 70.7 Å². The van der Waals surface area contributed by atoms with Gasteiger partial charge in [0.25, 0.3) is 11.8 Å². The number of anilines is 2. The summed E-state index contributed by atoms with van der Waals surface area (Å²) in [5, 5.41) is 6.56. The average molecular weight is 582 g/mol. The largest absolute Gasteiger partial charge is 0.484 e. The van der Waals surface area contributed by atoms with E-state index in [1.54, 1.807) is 30.3 Å². The highest BCUT2D eigenvalue weighted by molar-refractivity contribution is 6.30. The van der Waals surface area contributed by atoms with Gasteiger partial charge in [0.1, 0.15) is 5.75 Å². The molecule has 0 bridgehead atoms. The summed E-state index contributed by atoms with van der Waals surface area (Å²) < 4.78 is 5.58. The predicted molar refractivity (Wildman–Crippen MR) is 170 cm³/mol. The predicted octanol–water partition coefficient (Wildman–Crippen LogP) is 6.79. The Labute approximate surface area is 252 Å². The van der Waals surface area contributed by atoms with Gasteiger partial charge < -0.3 is 20.3 Å². The maximum Gasteiger partial charge on any atom is 0.262 e. The first-order valence-electron chi connectivity index (χ1n) is 14.5. The Balaban J connectivity index is 1.25. The Bertz CT molecular complexity index is 1450. The molecule has 0 spiro atoms. The highest BCUT2D eigenvalue weighted by Gasteiger charge is 2.24. The number of hydrogen-bond donors (Lipinski definition) is 2. The van der Waals surface area contributed by atoms with Gasteiger partial charge in [-0.2, -0.15) is 0 Å². The van der Waals surface area contributed by atoms with Crippen LogP contribution < -0.4 is 20.3 Å². The molecule has 0 aromatic heterocycles. The SMILES string of the molecule is O=C(COc1ccc(Cl)cc1)Nc1ccc(N2CCC(Cc3ccccc3)CC2)c(C(=O)NCCc2ccccc2)c1. The summed E-state index contributed by atoms with van der Waals surface area (Å²) in [6.45, 7) is 2.12.